The molecule has 0 radical (unpaired) electrons. The van der Waals surface area contributed by atoms with Gasteiger partial charge in [0.05, 0.1) is 5.56 Å². The second-order valence-electron chi connectivity index (χ2n) is 3.84. The van der Waals surface area contributed by atoms with Gasteiger partial charge in [0.1, 0.15) is 12.0 Å². The maximum Gasteiger partial charge on any atom is 0.257 e. The fraction of sp³-hybridized carbons (Fsp3) is 0.545. The molecule has 2 heterocycles. The first-order valence-electron chi connectivity index (χ1n) is 5.32. The molecular weight excluding hydrogens is 192 g/mol. The average molecular weight is 208 g/mol. The van der Waals surface area contributed by atoms with Crippen LogP contribution in [-0.4, -0.2) is 37.0 Å². The Labute approximate surface area is 89.2 Å². The van der Waals surface area contributed by atoms with E-state index >= 15 is 0 Å². The Hall–Kier alpha value is -1.29. The lowest BCUT2D eigenvalue weighted by Crippen LogP contribution is -2.33. The molecule has 1 aromatic rings. The third kappa shape index (κ3) is 2.39. The van der Waals surface area contributed by atoms with E-state index < -0.39 is 0 Å². The van der Waals surface area contributed by atoms with Crippen molar-refractivity contribution in [3.05, 3.63) is 23.7 Å². The van der Waals surface area contributed by atoms with Crippen molar-refractivity contribution in [2.45, 2.75) is 13.3 Å². The summed E-state index contributed by atoms with van der Waals surface area (Å²) in [5, 5.41) is 3.27. The first-order chi connectivity index (χ1) is 7.27. The van der Waals surface area contributed by atoms with Crippen LogP contribution < -0.4 is 5.32 Å². The summed E-state index contributed by atoms with van der Waals surface area (Å²) in [6.45, 7) is 5.33. The van der Waals surface area contributed by atoms with Crippen molar-refractivity contribution in [1.82, 2.24) is 10.2 Å². The van der Waals surface area contributed by atoms with Gasteiger partial charge < -0.3 is 14.6 Å². The summed E-state index contributed by atoms with van der Waals surface area (Å²) in [7, 11) is 0. The Morgan fingerprint density at radius 2 is 2.33 bits per heavy atom. The fourth-order valence-electron chi connectivity index (χ4n) is 1.79. The Balaban J connectivity index is 2.06. The minimum absolute atomic E-state index is 0.0792. The molecule has 1 aliphatic rings. The summed E-state index contributed by atoms with van der Waals surface area (Å²) < 4.78 is 5.14. The van der Waals surface area contributed by atoms with Crippen molar-refractivity contribution in [3.63, 3.8) is 0 Å². The summed E-state index contributed by atoms with van der Waals surface area (Å²) in [6, 6.07) is 1.79. The van der Waals surface area contributed by atoms with E-state index in [1.807, 2.05) is 11.8 Å². The Morgan fingerprint density at radius 3 is 3.07 bits per heavy atom. The molecule has 0 spiro atoms. The predicted molar refractivity (Wildman–Crippen MR) is 56.8 cm³/mol. The molecule has 1 aromatic heterocycles. The van der Waals surface area contributed by atoms with Gasteiger partial charge in [-0.1, -0.05) is 0 Å². The molecule has 15 heavy (non-hydrogen) atoms. The van der Waals surface area contributed by atoms with Crippen molar-refractivity contribution in [2.24, 2.45) is 0 Å². The first kappa shape index (κ1) is 10.2. The molecule has 1 fully saturated rings. The topological polar surface area (TPSA) is 45.5 Å². The highest BCUT2D eigenvalue weighted by atomic mass is 16.3. The molecule has 0 saturated carbocycles. The number of nitrogens with zero attached hydrogens (tertiary/aromatic N) is 1. The SMILES string of the molecule is Cc1cc(C(=O)N2CCCNCC2)co1. The van der Waals surface area contributed by atoms with Gasteiger partial charge in [0.2, 0.25) is 0 Å². The zero-order valence-corrected chi connectivity index (χ0v) is 8.95. The van der Waals surface area contributed by atoms with Gasteiger partial charge in [-0.25, -0.2) is 0 Å². The largest absolute Gasteiger partial charge is 0.469 e. The molecule has 0 unspecified atom stereocenters. The van der Waals surface area contributed by atoms with Gasteiger partial charge in [-0.15, -0.1) is 0 Å². The van der Waals surface area contributed by atoms with Gasteiger partial charge in [0.15, 0.2) is 0 Å². The summed E-state index contributed by atoms with van der Waals surface area (Å²) in [6.07, 6.45) is 2.55. The number of carbonyl (C=O) groups is 1. The molecule has 0 bridgehead atoms. The molecule has 1 amide bonds. The number of aryl methyl sites for hydroxylation is 1. The van der Waals surface area contributed by atoms with Crippen LogP contribution in [0.4, 0.5) is 0 Å². The summed E-state index contributed by atoms with van der Waals surface area (Å²) in [4.78, 5) is 13.9. The standard InChI is InChI=1S/C11H16N2O2/c1-9-7-10(8-15-9)11(14)13-5-2-3-12-4-6-13/h7-8,12H,2-6H2,1H3. The van der Waals surface area contributed by atoms with Gasteiger partial charge in [-0.3, -0.25) is 4.79 Å². The molecule has 1 aliphatic heterocycles. The quantitative estimate of drug-likeness (QED) is 0.749. The van der Waals surface area contributed by atoms with Crippen LogP contribution in [0.2, 0.25) is 0 Å². The highest BCUT2D eigenvalue weighted by Gasteiger charge is 2.18. The van der Waals surface area contributed by atoms with Crippen LogP contribution >= 0.6 is 0 Å². The molecular formula is C11H16N2O2. The van der Waals surface area contributed by atoms with Crippen LogP contribution in [0.1, 0.15) is 22.5 Å². The van der Waals surface area contributed by atoms with Gasteiger partial charge >= 0.3 is 0 Å². The third-order valence-electron chi connectivity index (χ3n) is 2.60. The van der Waals surface area contributed by atoms with Crippen molar-refractivity contribution in [2.75, 3.05) is 26.2 Å². The number of hydrogen-bond acceptors (Lipinski definition) is 3. The van der Waals surface area contributed by atoms with Gasteiger partial charge in [-0.05, 0) is 26.0 Å². The van der Waals surface area contributed by atoms with Gasteiger partial charge in [-0.2, -0.15) is 0 Å². The lowest BCUT2D eigenvalue weighted by molar-refractivity contribution is 0.0765. The van der Waals surface area contributed by atoms with Crippen LogP contribution in [-0.2, 0) is 0 Å². The van der Waals surface area contributed by atoms with Crippen molar-refractivity contribution in [3.8, 4) is 0 Å². The number of nitrogens with one attached hydrogen (secondary N) is 1. The summed E-state index contributed by atoms with van der Waals surface area (Å²) in [5.41, 5.74) is 0.661. The second kappa shape index (κ2) is 4.49. The fourth-order valence-corrected chi connectivity index (χ4v) is 1.79. The smallest absolute Gasteiger partial charge is 0.257 e. The minimum atomic E-state index is 0.0792. The van der Waals surface area contributed by atoms with Crippen LogP contribution in [0, 0.1) is 6.92 Å². The maximum atomic E-state index is 12.0. The van der Waals surface area contributed by atoms with Gasteiger partial charge in [0.25, 0.3) is 5.91 Å². The van der Waals surface area contributed by atoms with E-state index in [-0.39, 0.29) is 5.91 Å². The number of rotatable bonds is 1. The highest BCUT2D eigenvalue weighted by Crippen LogP contribution is 2.10. The Kier molecular flexibility index (Phi) is 3.06. The second-order valence-corrected chi connectivity index (χ2v) is 3.84. The van der Waals surface area contributed by atoms with E-state index in [2.05, 4.69) is 5.32 Å². The predicted octanol–water partition coefficient (Wildman–Crippen LogP) is 1.02. The number of amides is 1. The first-order valence-corrected chi connectivity index (χ1v) is 5.32. The van der Waals surface area contributed by atoms with E-state index in [4.69, 9.17) is 4.42 Å². The molecule has 82 valence electrons. The summed E-state index contributed by atoms with van der Waals surface area (Å²) in [5.74, 6) is 0.863. The maximum absolute atomic E-state index is 12.0. The van der Waals surface area contributed by atoms with Crippen LogP contribution in [0.25, 0.3) is 0 Å². The molecule has 0 atom stereocenters. The molecule has 2 rings (SSSR count). The lowest BCUT2D eigenvalue weighted by atomic mass is 10.2. The highest BCUT2D eigenvalue weighted by molar-refractivity contribution is 5.94. The number of furan rings is 1. The van der Waals surface area contributed by atoms with Gasteiger partial charge in [0, 0.05) is 19.6 Å². The molecule has 4 nitrogen and oxygen atoms in total. The normalized spacial score (nSPS) is 17.5. The molecule has 0 aliphatic carbocycles. The van der Waals surface area contributed by atoms with Crippen LogP contribution in [0.3, 0.4) is 0 Å². The number of hydrogen-bond donors (Lipinski definition) is 1. The van der Waals surface area contributed by atoms with E-state index in [0.29, 0.717) is 5.56 Å². The van der Waals surface area contributed by atoms with Crippen molar-refractivity contribution in [1.29, 1.82) is 0 Å². The van der Waals surface area contributed by atoms with E-state index in [1.165, 1.54) is 6.26 Å². The minimum Gasteiger partial charge on any atom is -0.469 e. The van der Waals surface area contributed by atoms with Crippen LogP contribution in [0.15, 0.2) is 16.7 Å². The average Bonchev–Trinajstić information content (AvgIpc) is 2.53. The number of carbonyl (C=O) groups excluding carboxylic acids is 1. The third-order valence-corrected chi connectivity index (χ3v) is 2.60. The van der Waals surface area contributed by atoms with Crippen LogP contribution in [0.5, 0.6) is 0 Å². The van der Waals surface area contributed by atoms with E-state index in [9.17, 15) is 4.79 Å². The monoisotopic (exact) mass is 208 g/mol. The van der Waals surface area contributed by atoms with Crippen molar-refractivity contribution >= 4 is 5.91 Å². The molecule has 1 saturated heterocycles. The lowest BCUT2D eigenvalue weighted by Gasteiger charge is -2.18. The Bertz CT molecular complexity index is 338. The summed E-state index contributed by atoms with van der Waals surface area (Å²) >= 11 is 0. The molecule has 4 heteroatoms. The Morgan fingerprint density at radius 1 is 1.47 bits per heavy atom. The molecule has 0 aromatic carbocycles. The van der Waals surface area contributed by atoms with E-state index in [1.54, 1.807) is 6.07 Å². The zero-order valence-electron chi connectivity index (χ0n) is 8.95. The van der Waals surface area contributed by atoms with E-state index in [0.717, 1.165) is 38.4 Å². The zero-order chi connectivity index (χ0) is 10.7. The molecule has 1 N–H and O–H groups in total. The van der Waals surface area contributed by atoms with Crippen molar-refractivity contribution < 1.29 is 9.21 Å².